The third-order valence-electron chi connectivity index (χ3n) is 8.57. The maximum absolute atomic E-state index is 12.9. The number of aliphatic hydroxyl groups is 2. The molecule has 1 spiro atoms. The van der Waals surface area contributed by atoms with Crippen LogP contribution in [0.4, 0.5) is 0 Å². The van der Waals surface area contributed by atoms with Gasteiger partial charge in [0.1, 0.15) is 0 Å². The largest absolute Gasteiger partial charge is 0.481 e. The van der Waals surface area contributed by atoms with Crippen molar-refractivity contribution in [2.75, 3.05) is 0 Å². The molecule has 0 amide bonds. The summed E-state index contributed by atoms with van der Waals surface area (Å²) in [5.74, 6) is -1.86. The molecule has 4 saturated carbocycles. The Balaban J connectivity index is 1.76. The van der Waals surface area contributed by atoms with Crippen molar-refractivity contribution in [1.29, 1.82) is 0 Å². The van der Waals surface area contributed by atoms with Crippen LogP contribution in [0.3, 0.4) is 0 Å². The van der Waals surface area contributed by atoms with Crippen LogP contribution in [0, 0.1) is 28.6 Å². The molecule has 8 atom stereocenters. The van der Waals surface area contributed by atoms with Gasteiger partial charge in [-0.25, -0.2) is 0 Å². The molecule has 4 aliphatic carbocycles. The molecule has 5 rings (SSSR count). The first-order chi connectivity index (χ1) is 11.6. The van der Waals surface area contributed by atoms with Gasteiger partial charge in [0.25, 0.3) is 0 Å². The van der Waals surface area contributed by atoms with Crippen molar-refractivity contribution >= 4 is 22.8 Å². The highest BCUT2D eigenvalue weighted by molar-refractivity contribution is 8.15. The number of hydrogen-bond acceptors (Lipinski definition) is 5. The molecule has 0 aromatic carbocycles. The Morgan fingerprint density at radius 2 is 2.04 bits per heavy atom. The lowest BCUT2D eigenvalue weighted by molar-refractivity contribution is -0.156. The van der Waals surface area contributed by atoms with Gasteiger partial charge in [-0.1, -0.05) is 18.3 Å². The maximum atomic E-state index is 12.9. The van der Waals surface area contributed by atoms with E-state index in [4.69, 9.17) is 0 Å². The topological polar surface area (TPSA) is 94.8 Å². The van der Waals surface area contributed by atoms with Gasteiger partial charge in [-0.15, -0.1) is 0 Å². The van der Waals surface area contributed by atoms with Gasteiger partial charge < -0.3 is 15.3 Å². The van der Waals surface area contributed by atoms with E-state index in [1.807, 2.05) is 0 Å². The summed E-state index contributed by atoms with van der Waals surface area (Å²) in [4.78, 5) is 25.4. The summed E-state index contributed by atoms with van der Waals surface area (Å²) in [6.45, 7) is 5.85. The fraction of sp³-hybridized carbons (Fsp3) is 0.789. The van der Waals surface area contributed by atoms with Crippen LogP contribution in [0.1, 0.15) is 45.4 Å². The Morgan fingerprint density at radius 1 is 1.32 bits per heavy atom. The summed E-state index contributed by atoms with van der Waals surface area (Å²) < 4.78 is -0.403. The van der Waals surface area contributed by atoms with Crippen LogP contribution >= 0.6 is 11.8 Å². The number of carbonyl (C=O) groups is 2. The van der Waals surface area contributed by atoms with Crippen molar-refractivity contribution in [3.63, 3.8) is 0 Å². The van der Waals surface area contributed by atoms with E-state index in [1.54, 1.807) is 6.92 Å². The molecular weight excluding hydrogens is 340 g/mol. The molecule has 0 aromatic rings. The molecular formula is C19H24O5S. The van der Waals surface area contributed by atoms with Crippen LogP contribution in [-0.2, 0) is 9.59 Å². The fourth-order valence-electron chi connectivity index (χ4n) is 7.65. The van der Waals surface area contributed by atoms with Gasteiger partial charge in [-0.2, -0.15) is 0 Å². The summed E-state index contributed by atoms with van der Waals surface area (Å²) in [6, 6.07) is 0. The second kappa shape index (κ2) is 4.34. The summed E-state index contributed by atoms with van der Waals surface area (Å²) >= 11 is 1.32. The summed E-state index contributed by atoms with van der Waals surface area (Å²) in [5, 5.41) is 31.8. The average molecular weight is 364 g/mol. The quantitative estimate of drug-likeness (QED) is 0.616. The minimum absolute atomic E-state index is 0.0405. The van der Waals surface area contributed by atoms with Gasteiger partial charge in [0.15, 0.2) is 5.12 Å². The molecule has 5 fully saturated rings. The smallest absolute Gasteiger partial charge is 0.307 e. The minimum atomic E-state index is -1.000. The molecule has 3 N–H and O–H groups in total. The van der Waals surface area contributed by atoms with Crippen LogP contribution in [-0.4, -0.2) is 42.9 Å². The maximum Gasteiger partial charge on any atom is 0.307 e. The Kier molecular flexibility index (Phi) is 2.84. The van der Waals surface area contributed by atoms with E-state index in [0.29, 0.717) is 32.1 Å². The third-order valence-corrected chi connectivity index (χ3v) is 10.3. The number of fused-ring (bicyclic) bond motifs is 1. The number of carboxylic acids is 1. The first-order valence-electron chi connectivity index (χ1n) is 9.17. The number of thioether (sulfide) groups is 1. The van der Waals surface area contributed by atoms with Crippen LogP contribution < -0.4 is 0 Å². The fourth-order valence-corrected chi connectivity index (χ4v) is 9.70. The lowest BCUT2D eigenvalue weighted by Crippen LogP contribution is -2.52. The van der Waals surface area contributed by atoms with Crippen molar-refractivity contribution in [2.45, 2.75) is 61.9 Å². The van der Waals surface area contributed by atoms with Gasteiger partial charge in [0, 0.05) is 10.7 Å². The SMILES string of the molecule is C=C1C[C@@]23C[C@]1(O)CC[C@@H]2[C@]12CC[C@@H](O)[C@@](C)(C(=O)S1)[C@@H]2[C@@H]3C(=O)O. The Morgan fingerprint density at radius 3 is 2.72 bits per heavy atom. The van der Waals surface area contributed by atoms with E-state index < -0.39 is 39.2 Å². The van der Waals surface area contributed by atoms with Gasteiger partial charge in [-0.3, -0.25) is 9.59 Å². The van der Waals surface area contributed by atoms with Crippen molar-refractivity contribution in [3.05, 3.63) is 12.2 Å². The van der Waals surface area contributed by atoms with Crippen LogP contribution in [0.25, 0.3) is 0 Å². The molecule has 5 nitrogen and oxygen atoms in total. The third kappa shape index (κ3) is 1.50. The minimum Gasteiger partial charge on any atom is -0.481 e. The Labute approximate surface area is 150 Å². The van der Waals surface area contributed by atoms with Crippen LogP contribution in [0.15, 0.2) is 12.2 Å². The molecule has 5 aliphatic rings. The number of aliphatic hydroxyl groups excluding tert-OH is 1. The zero-order valence-corrected chi connectivity index (χ0v) is 15.1. The van der Waals surface area contributed by atoms with Gasteiger partial charge in [0.05, 0.1) is 23.0 Å². The zero-order chi connectivity index (χ0) is 18.0. The number of carbonyl (C=O) groups excluding carboxylic acids is 1. The van der Waals surface area contributed by atoms with Gasteiger partial charge >= 0.3 is 5.97 Å². The lowest BCUT2D eigenvalue weighted by atomic mass is 9.59. The molecule has 0 radical (unpaired) electrons. The predicted octanol–water partition coefficient (Wildman–Crippen LogP) is 1.97. The predicted molar refractivity (Wildman–Crippen MR) is 91.8 cm³/mol. The second-order valence-electron chi connectivity index (χ2n) is 9.29. The molecule has 6 heteroatoms. The number of rotatable bonds is 1. The van der Waals surface area contributed by atoms with E-state index in [-0.39, 0.29) is 17.0 Å². The molecule has 0 aromatic heterocycles. The first-order valence-corrected chi connectivity index (χ1v) is 9.98. The molecule has 1 heterocycles. The van der Waals surface area contributed by atoms with E-state index in [0.717, 1.165) is 12.0 Å². The monoisotopic (exact) mass is 364 g/mol. The summed E-state index contributed by atoms with van der Waals surface area (Å²) in [6.07, 6.45) is 2.77. The van der Waals surface area contributed by atoms with Crippen molar-refractivity contribution in [3.8, 4) is 0 Å². The first kappa shape index (κ1) is 16.3. The molecule has 0 unspecified atom stereocenters. The average Bonchev–Trinajstić information content (AvgIpc) is 2.95. The normalized spacial score (nSPS) is 59.0. The summed E-state index contributed by atoms with van der Waals surface area (Å²) in [5.41, 5.74) is -1.73. The van der Waals surface area contributed by atoms with E-state index in [9.17, 15) is 24.9 Å². The summed E-state index contributed by atoms with van der Waals surface area (Å²) in [7, 11) is 0. The zero-order valence-electron chi connectivity index (χ0n) is 14.3. The van der Waals surface area contributed by atoms with E-state index >= 15 is 0 Å². The highest BCUT2D eigenvalue weighted by Gasteiger charge is 2.82. The molecule has 1 aliphatic heterocycles. The standard InChI is InChI=1S/C19H24O5S/c1-9-7-17-8-18(9,24)5-3-10(17)19-6-4-11(20)16(2,15(23)25-19)13(19)12(17)14(21)22/h10-13,20,24H,1,3-8H2,2H3,(H,21,22)/t10-,11+,12+,13-,16+,17+,18+,19-/m0/s1. The molecule has 4 bridgehead atoms. The second-order valence-corrected chi connectivity index (χ2v) is 10.6. The van der Waals surface area contributed by atoms with Crippen molar-refractivity contribution < 1.29 is 24.9 Å². The van der Waals surface area contributed by atoms with Crippen LogP contribution in [0.2, 0.25) is 0 Å². The van der Waals surface area contributed by atoms with Crippen LogP contribution in [0.5, 0.6) is 0 Å². The Bertz CT molecular complexity index is 735. The highest BCUT2D eigenvalue weighted by Crippen LogP contribution is 2.81. The number of carboxylic acid groups (broad SMARTS) is 1. The lowest BCUT2D eigenvalue weighted by Gasteiger charge is -2.46. The van der Waals surface area contributed by atoms with Gasteiger partial charge in [0.2, 0.25) is 0 Å². The van der Waals surface area contributed by atoms with E-state index in [2.05, 4.69) is 6.58 Å². The van der Waals surface area contributed by atoms with E-state index in [1.165, 1.54) is 11.8 Å². The van der Waals surface area contributed by atoms with Crippen molar-refractivity contribution in [2.24, 2.45) is 28.6 Å². The van der Waals surface area contributed by atoms with Crippen molar-refractivity contribution in [1.82, 2.24) is 0 Å². The molecule has 1 saturated heterocycles. The van der Waals surface area contributed by atoms with Gasteiger partial charge in [-0.05, 0) is 62.4 Å². The number of hydrogen-bond donors (Lipinski definition) is 3. The number of aliphatic carboxylic acids is 1. The molecule has 25 heavy (non-hydrogen) atoms. The highest BCUT2D eigenvalue weighted by atomic mass is 32.2. The molecule has 136 valence electrons. The Hall–Kier alpha value is -0.850.